The SMILES string of the molecule is O=C(O)Cc1cc(C(F)(F)F)cc(Br)c1Cl. The maximum absolute atomic E-state index is 12.4. The lowest BCUT2D eigenvalue weighted by molar-refractivity contribution is -0.138. The molecule has 0 saturated carbocycles. The third kappa shape index (κ3) is 3.12. The zero-order valence-electron chi connectivity index (χ0n) is 7.61. The van der Waals surface area contributed by atoms with E-state index in [1.807, 2.05) is 0 Å². The summed E-state index contributed by atoms with van der Waals surface area (Å²) in [5, 5.41) is 8.50. The normalized spacial score (nSPS) is 11.6. The van der Waals surface area contributed by atoms with E-state index < -0.39 is 24.1 Å². The van der Waals surface area contributed by atoms with Gasteiger partial charge in [-0.05, 0) is 33.6 Å². The first-order valence-corrected chi connectivity index (χ1v) is 5.16. The fourth-order valence-electron chi connectivity index (χ4n) is 1.10. The lowest BCUT2D eigenvalue weighted by Crippen LogP contribution is -2.08. The highest BCUT2D eigenvalue weighted by molar-refractivity contribution is 9.10. The summed E-state index contributed by atoms with van der Waals surface area (Å²) in [7, 11) is 0. The highest BCUT2D eigenvalue weighted by Crippen LogP contribution is 2.36. The Morgan fingerprint density at radius 1 is 1.44 bits per heavy atom. The average Bonchev–Trinajstić information content (AvgIpc) is 2.10. The molecule has 7 heteroatoms. The Balaban J connectivity index is 3.27. The van der Waals surface area contributed by atoms with Crippen LogP contribution in [0.15, 0.2) is 16.6 Å². The maximum Gasteiger partial charge on any atom is 0.416 e. The van der Waals surface area contributed by atoms with Gasteiger partial charge in [0, 0.05) is 4.47 Å². The van der Waals surface area contributed by atoms with Crippen LogP contribution in [-0.4, -0.2) is 11.1 Å². The van der Waals surface area contributed by atoms with E-state index in [0.29, 0.717) is 0 Å². The molecule has 16 heavy (non-hydrogen) atoms. The van der Waals surface area contributed by atoms with Crippen LogP contribution in [0, 0.1) is 0 Å². The molecule has 0 aliphatic heterocycles. The van der Waals surface area contributed by atoms with Gasteiger partial charge in [-0.3, -0.25) is 4.79 Å². The van der Waals surface area contributed by atoms with E-state index in [9.17, 15) is 18.0 Å². The molecule has 1 aromatic rings. The summed E-state index contributed by atoms with van der Waals surface area (Å²) >= 11 is 8.54. The van der Waals surface area contributed by atoms with E-state index in [0.717, 1.165) is 12.1 Å². The minimum atomic E-state index is -4.53. The topological polar surface area (TPSA) is 37.3 Å². The van der Waals surface area contributed by atoms with Gasteiger partial charge in [0.25, 0.3) is 0 Å². The van der Waals surface area contributed by atoms with Gasteiger partial charge in [-0.1, -0.05) is 11.6 Å². The number of alkyl halides is 3. The number of hydrogen-bond acceptors (Lipinski definition) is 1. The van der Waals surface area contributed by atoms with Crippen molar-refractivity contribution < 1.29 is 23.1 Å². The van der Waals surface area contributed by atoms with Crippen molar-refractivity contribution in [2.75, 3.05) is 0 Å². The van der Waals surface area contributed by atoms with Gasteiger partial charge in [0.2, 0.25) is 0 Å². The van der Waals surface area contributed by atoms with Gasteiger partial charge >= 0.3 is 12.1 Å². The summed E-state index contributed by atoms with van der Waals surface area (Å²) in [6.07, 6.45) is -5.08. The molecular weight excluding hydrogens is 312 g/mol. The van der Waals surface area contributed by atoms with Gasteiger partial charge in [-0.2, -0.15) is 13.2 Å². The number of carboxylic acid groups (broad SMARTS) is 1. The number of halogens is 5. The third-order valence-corrected chi connectivity index (χ3v) is 3.07. The first kappa shape index (κ1) is 13.3. The molecule has 0 spiro atoms. The standard InChI is InChI=1S/C9H5BrClF3O2/c10-6-3-5(9(12,13)14)1-4(8(6)11)2-7(15)16/h1,3H,2H2,(H,15,16). The van der Waals surface area contributed by atoms with Crippen LogP contribution in [0.4, 0.5) is 13.2 Å². The molecule has 0 fully saturated rings. The average molecular weight is 317 g/mol. The van der Waals surface area contributed by atoms with Crippen molar-refractivity contribution in [2.45, 2.75) is 12.6 Å². The van der Waals surface area contributed by atoms with Crippen LogP contribution in [0.3, 0.4) is 0 Å². The van der Waals surface area contributed by atoms with E-state index in [4.69, 9.17) is 16.7 Å². The number of rotatable bonds is 2. The van der Waals surface area contributed by atoms with E-state index >= 15 is 0 Å². The van der Waals surface area contributed by atoms with E-state index in [1.54, 1.807) is 0 Å². The second-order valence-corrected chi connectivity index (χ2v) is 4.23. The second-order valence-electron chi connectivity index (χ2n) is 3.00. The molecule has 2 nitrogen and oxygen atoms in total. The van der Waals surface area contributed by atoms with E-state index in [1.165, 1.54) is 0 Å². The molecule has 0 amide bonds. The Morgan fingerprint density at radius 2 is 2.00 bits per heavy atom. The van der Waals surface area contributed by atoms with E-state index in [-0.39, 0.29) is 15.1 Å². The molecule has 0 heterocycles. The minimum Gasteiger partial charge on any atom is -0.481 e. The van der Waals surface area contributed by atoms with Crippen LogP contribution >= 0.6 is 27.5 Å². The summed E-state index contributed by atoms with van der Waals surface area (Å²) in [4.78, 5) is 10.4. The van der Waals surface area contributed by atoms with Crippen molar-refractivity contribution in [3.05, 3.63) is 32.8 Å². The van der Waals surface area contributed by atoms with Gasteiger partial charge < -0.3 is 5.11 Å². The van der Waals surface area contributed by atoms with Gasteiger partial charge in [0.05, 0.1) is 17.0 Å². The van der Waals surface area contributed by atoms with Gasteiger partial charge in [-0.25, -0.2) is 0 Å². The van der Waals surface area contributed by atoms with Crippen molar-refractivity contribution in [2.24, 2.45) is 0 Å². The Morgan fingerprint density at radius 3 is 2.44 bits per heavy atom. The molecule has 0 unspecified atom stereocenters. The Kier molecular flexibility index (Phi) is 3.85. The number of aliphatic carboxylic acids is 1. The van der Waals surface area contributed by atoms with Crippen LogP contribution in [-0.2, 0) is 17.4 Å². The van der Waals surface area contributed by atoms with Crippen LogP contribution in [0.5, 0.6) is 0 Å². The van der Waals surface area contributed by atoms with Gasteiger partial charge in [0.1, 0.15) is 0 Å². The molecule has 0 atom stereocenters. The molecule has 0 radical (unpaired) electrons. The predicted molar refractivity (Wildman–Crippen MR) is 55.5 cm³/mol. The number of carboxylic acids is 1. The monoisotopic (exact) mass is 316 g/mol. The Hall–Kier alpha value is -0.750. The first-order chi connectivity index (χ1) is 7.21. The molecule has 0 aromatic heterocycles. The fourth-order valence-corrected chi connectivity index (χ4v) is 1.78. The predicted octanol–water partition coefficient (Wildman–Crippen LogP) is 3.75. The summed E-state index contributed by atoms with van der Waals surface area (Å²) in [5.41, 5.74) is -1.00. The molecule has 1 rings (SSSR count). The summed E-state index contributed by atoms with van der Waals surface area (Å²) < 4.78 is 37.2. The molecule has 0 bridgehead atoms. The highest BCUT2D eigenvalue weighted by atomic mass is 79.9. The minimum absolute atomic E-state index is 0.0181. The Labute approximate surface area is 102 Å². The van der Waals surface area contributed by atoms with Crippen molar-refractivity contribution in [3.63, 3.8) is 0 Å². The maximum atomic E-state index is 12.4. The second kappa shape index (κ2) is 4.63. The van der Waals surface area contributed by atoms with Gasteiger partial charge in [-0.15, -0.1) is 0 Å². The van der Waals surface area contributed by atoms with Crippen molar-refractivity contribution >= 4 is 33.5 Å². The molecule has 1 aromatic carbocycles. The van der Waals surface area contributed by atoms with Crippen molar-refractivity contribution in [1.82, 2.24) is 0 Å². The molecular formula is C9H5BrClF3O2. The Bertz CT molecular complexity index is 431. The quantitative estimate of drug-likeness (QED) is 0.902. The first-order valence-electron chi connectivity index (χ1n) is 3.98. The smallest absolute Gasteiger partial charge is 0.416 e. The van der Waals surface area contributed by atoms with Gasteiger partial charge in [0.15, 0.2) is 0 Å². The lowest BCUT2D eigenvalue weighted by atomic mass is 10.1. The van der Waals surface area contributed by atoms with Crippen LogP contribution in [0.1, 0.15) is 11.1 Å². The van der Waals surface area contributed by atoms with Crippen LogP contribution < -0.4 is 0 Å². The van der Waals surface area contributed by atoms with Crippen molar-refractivity contribution in [1.29, 1.82) is 0 Å². The van der Waals surface area contributed by atoms with Crippen molar-refractivity contribution in [3.8, 4) is 0 Å². The van der Waals surface area contributed by atoms with Crippen LogP contribution in [0.2, 0.25) is 5.02 Å². The molecule has 0 aliphatic rings. The van der Waals surface area contributed by atoms with E-state index in [2.05, 4.69) is 15.9 Å². The molecule has 88 valence electrons. The molecule has 1 N–H and O–H groups in total. The number of hydrogen-bond donors (Lipinski definition) is 1. The van der Waals surface area contributed by atoms with Crippen LogP contribution in [0.25, 0.3) is 0 Å². The number of carbonyl (C=O) groups is 1. The number of benzene rings is 1. The zero-order valence-corrected chi connectivity index (χ0v) is 9.95. The third-order valence-electron chi connectivity index (χ3n) is 1.77. The lowest BCUT2D eigenvalue weighted by Gasteiger charge is -2.11. The molecule has 0 aliphatic carbocycles. The summed E-state index contributed by atoms with van der Waals surface area (Å²) in [6, 6.07) is 1.55. The molecule has 0 saturated heterocycles. The summed E-state index contributed by atoms with van der Waals surface area (Å²) in [5.74, 6) is -1.24. The highest BCUT2D eigenvalue weighted by Gasteiger charge is 2.32. The zero-order chi connectivity index (χ0) is 12.5. The fraction of sp³-hybridized carbons (Fsp3) is 0.222. The summed E-state index contributed by atoms with van der Waals surface area (Å²) in [6.45, 7) is 0. The largest absolute Gasteiger partial charge is 0.481 e.